The van der Waals surface area contributed by atoms with Gasteiger partial charge in [0.05, 0.1) is 9.82 Å². The van der Waals surface area contributed by atoms with E-state index in [1.165, 1.54) is 22.5 Å². The molecule has 2 aromatic rings. The summed E-state index contributed by atoms with van der Waals surface area (Å²) in [5, 5.41) is 10.9. The first-order valence-corrected chi connectivity index (χ1v) is 10.5. The number of carbonyl (C=O) groups is 1. The molecular formula is C19H22N4O5S. The molecular weight excluding hydrogens is 396 g/mol. The van der Waals surface area contributed by atoms with Gasteiger partial charge in [0.15, 0.2) is 0 Å². The Morgan fingerprint density at radius 1 is 1.03 bits per heavy atom. The second-order valence-corrected chi connectivity index (χ2v) is 8.83. The van der Waals surface area contributed by atoms with Crippen molar-refractivity contribution in [2.45, 2.75) is 4.90 Å². The highest BCUT2D eigenvalue weighted by Crippen LogP contribution is 2.22. The van der Waals surface area contributed by atoms with Gasteiger partial charge in [-0.2, -0.15) is 4.31 Å². The first-order valence-electron chi connectivity index (χ1n) is 9.01. The third kappa shape index (κ3) is 4.38. The molecule has 0 spiro atoms. The molecule has 1 fully saturated rings. The Kier molecular flexibility index (Phi) is 5.85. The van der Waals surface area contributed by atoms with Crippen LogP contribution in [0.3, 0.4) is 0 Å². The number of piperazine rings is 1. The second kappa shape index (κ2) is 8.18. The molecule has 2 aromatic carbocycles. The number of anilines is 1. The topological polar surface area (TPSA) is 104 Å². The summed E-state index contributed by atoms with van der Waals surface area (Å²) >= 11 is 0. The fourth-order valence-corrected chi connectivity index (χ4v) is 4.59. The maximum Gasteiger partial charge on any atom is 0.270 e. The first-order chi connectivity index (χ1) is 13.7. The number of nitrogens with zero attached hydrogens (tertiary/aromatic N) is 4. The quantitative estimate of drug-likeness (QED) is 0.542. The number of hydrogen-bond acceptors (Lipinski definition) is 6. The van der Waals surface area contributed by atoms with E-state index < -0.39 is 14.9 Å². The number of non-ortho nitro benzene ring substituents is 1. The minimum atomic E-state index is -3.86. The van der Waals surface area contributed by atoms with Crippen LogP contribution in [0.4, 0.5) is 11.4 Å². The number of nitro groups is 1. The van der Waals surface area contributed by atoms with Crippen molar-refractivity contribution in [1.29, 1.82) is 0 Å². The van der Waals surface area contributed by atoms with Crippen molar-refractivity contribution in [3.63, 3.8) is 0 Å². The van der Waals surface area contributed by atoms with Crippen molar-refractivity contribution in [3.8, 4) is 0 Å². The summed E-state index contributed by atoms with van der Waals surface area (Å²) in [7, 11) is -0.0325. The van der Waals surface area contributed by atoms with Gasteiger partial charge < -0.3 is 9.80 Å². The fourth-order valence-electron chi connectivity index (χ4n) is 3.12. The third-order valence-corrected chi connectivity index (χ3v) is 6.72. The summed E-state index contributed by atoms with van der Waals surface area (Å²) in [4.78, 5) is 26.4. The maximum atomic E-state index is 12.8. The zero-order valence-corrected chi connectivity index (χ0v) is 17.0. The molecule has 1 heterocycles. The zero-order valence-electron chi connectivity index (χ0n) is 16.2. The first kappa shape index (κ1) is 20.7. The van der Waals surface area contributed by atoms with E-state index in [4.69, 9.17) is 0 Å². The Morgan fingerprint density at radius 3 is 2.21 bits per heavy atom. The molecule has 0 radical (unpaired) electrons. The van der Waals surface area contributed by atoms with Gasteiger partial charge in [-0.15, -0.1) is 0 Å². The third-order valence-electron chi connectivity index (χ3n) is 4.82. The van der Waals surface area contributed by atoms with Crippen LogP contribution in [-0.4, -0.2) is 68.7 Å². The zero-order chi connectivity index (χ0) is 21.2. The minimum Gasteiger partial charge on any atom is -0.378 e. The minimum absolute atomic E-state index is 0.120. The van der Waals surface area contributed by atoms with Crippen LogP contribution in [0, 0.1) is 10.1 Å². The van der Waals surface area contributed by atoms with Gasteiger partial charge in [-0.3, -0.25) is 14.9 Å². The second-order valence-electron chi connectivity index (χ2n) is 6.89. The van der Waals surface area contributed by atoms with Gasteiger partial charge in [0.2, 0.25) is 10.0 Å². The van der Waals surface area contributed by atoms with Crippen molar-refractivity contribution in [3.05, 3.63) is 64.2 Å². The molecule has 29 heavy (non-hydrogen) atoms. The monoisotopic (exact) mass is 418 g/mol. The van der Waals surface area contributed by atoms with E-state index >= 15 is 0 Å². The molecule has 1 saturated heterocycles. The lowest BCUT2D eigenvalue weighted by atomic mass is 10.1. The average molecular weight is 418 g/mol. The van der Waals surface area contributed by atoms with Crippen LogP contribution in [-0.2, 0) is 10.0 Å². The van der Waals surface area contributed by atoms with Crippen LogP contribution in [0.15, 0.2) is 53.4 Å². The van der Waals surface area contributed by atoms with Crippen LogP contribution < -0.4 is 4.90 Å². The van der Waals surface area contributed by atoms with Crippen LogP contribution in [0.5, 0.6) is 0 Å². The molecule has 0 saturated carbocycles. The van der Waals surface area contributed by atoms with Crippen molar-refractivity contribution >= 4 is 27.3 Å². The number of rotatable bonds is 5. The van der Waals surface area contributed by atoms with Gasteiger partial charge in [-0.05, 0) is 30.3 Å². The number of amides is 1. The predicted octanol–water partition coefficient (Wildman–Crippen LogP) is 1.81. The molecule has 1 amide bonds. The van der Waals surface area contributed by atoms with E-state index in [9.17, 15) is 23.3 Å². The fraction of sp³-hybridized carbons (Fsp3) is 0.316. The van der Waals surface area contributed by atoms with Crippen LogP contribution in [0.25, 0.3) is 0 Å². The molecule has 10 heteroatoms. The Balaban J connectivity index is 1.68. The molecule has 154 valence electrons. The lowest BCUT2D eigenvalue weighted by Gasteiger charge is -2.34. The number of benzene rings is 2. The normalized spacial score (nSPS) is 15.2. The van der Waals surface area contributed by atoms with E-state index in [1.54, 1.807) is 17.0 Å². The van der Waals surface area contributed by atoms with E-state index in [-0.39, 0.29) is 42.7 Å². The molecule has 0 unspecified atom stereocenters. The molecule has 0 bridgehead atoms. The van der Waals surface area contributed by atoms with Gasteiger partial charge in [0.1, 0.15) is 0 Å². The number of hydrogen-bond donors (Lipinski definition) is 0. The molecule has 0 N–H and O–H groups in total. The molecule has 9 nitrogen and oxygen atoms in total. The number of nitro benzene ring substituents is 1. The average Bonchev–Trinajstić information content (AvgIpc) is 2.73. The van der Waals surface area contributed by atoms with Crippen molar-refractivity contribution in [2.24, 2.45) is 0 Å². The van der Waals surface area contributed by atoms with Crippen molar-refractivity contribution in [1.82, 2.24) is 9.21 Å². The molecule has 0 aliphatic carbocycles. The summed E-state index contributed by atoms with van der Waals surface area (Å²) < 4.78 is 26.9. The molecule has 3 rings (SSSR count). The van der Waals surface area contributed by atoms with Gasteiger partial charge in [0.25, 0.3) is 11.6 Å². The smallest absolute Gasteiger partial charge is 0.270 e. The number of carbonyl (C=O) groups excluding carboxylic acids is 1. The van der Waals surface area contributed by atoms with Crippen molar-refractivity contribution in [2.75, 3.05) is 45.2 Å². The largest absolute Gasteiger partial charge is 0.378 e. The van der Waals surface area contributed by atoms with Gasteiger partial charge in [0, 0.05) is 63.7 Å². The molecule has 0 atom stereocenters. The van der Waals surface area contributed by atoms with E-state index in [0.717, 1.165) is 11.8 Å². The highest BCUT2D eigenvalue weighted by Gasteiger charge is 2.31. The Labute approximate surface area is 169 Å². The van der Waals surface area contributed by atoms with E-state index in [1.807, 2.05) is 31.1 Å². The van der Waals surface area contributed by atoms with Crippen LogP contribution in [0.1, 0.15) is 10.4 Å². The SMILES string of the molecule is CN(C)c1ccc(C(=O)N2CCN(S(=O)(=O)c3cccc([N+](=O)[O-])c3)CC2)cc1. The Morgan fingerprint density at radius 2 is 1.66 bits per heavy atom. The summed E-state index contributed by atoms with van der Waals surface area (Å²) in [5.41, 5.74) is 1.25. The Bertz CT molecular complexity index is 1010. The standard InChI is InChI=1S/C19H22N4O5S/c1-20(2)16-8-6-15(7-9-16)19(24)21-10-12-22(13-11-21)29(27,28)18-5-3-4-17(14-18)23(25)26/h3-9,14H,10-13H2,1-2H3. The lowest BCUT2D eigenvalue weighted by molar-refractivity contribution is -0.385. The Hall–Kier alpha value is -2.98. The predicted molar refractivity (Wildman–Crippen MR) is 109 cm³/mol. The summed E-state index contributed by atoms with van der Waals surface area (Å²) in [6.45, 7) is 0.768. The summed E-state index contributed by atoms with van der Waals surface area (Å²) in [5.74, 6) is -0.150. The maximum absolute atomic E-state index is 12.8. The van der Waals surface area contributed by atoms with Crippen LogP contribution in [0.2, 0.25) is 0 Å². The van der Waals surface area contributed by atoms with Gasteiger partial charge in [-0.1, -0.05) is 6.07 Å². The molecule has 0 aromatic heterocycles. The highest BCUT2D eigenvalue weighted by atomic mass is 32.2. The summed E-state index contributed by atoms with van der Waals surface area (Å²) in [6.07, 6.45) is 0. The van der Waals surface area contributed by atoms with Gasteiger partial charge >= 0.3 is 0 Å². The van der Waals surface area contributed by atoms with Crippen LogP contribution >= 0.6 is 0 Å². The number of sulfonamides is 1. The van der Waals surface area contributed by atoms with E-state index in [2.05, 4.69) is 0 Å². The van der Waals surface area contributed by atoms with Crippen molar-refractivity contribution < 1.29 is 18.1 Å². The van der Waals surface area contributed by atoms with E-state index in [0.29, 0.717) is 5.56 Å². The molecule has 1 aliphatic heterocycles. The molecule has 1 aliphatic rings. The van der Waals surface area contributed by atoms with Gasteiger partial charge in [-0.25, -0.2) is 8.42 Å². The lowest BCUT2D eigenvalue weighted by Crippen LogP contribution is -2.50. The highest BCUT2D eigenvalue weighted by molar-refractivity contribution is 7.89. The summed E-state index contributed by atoms with van der Waals surface area (Å²) in [6, 6.07) is 12.2.